The van der Waals surface area contributed by atoms with E-state index in [0.29, 0.717) is 5.56 Å². The number of hydrogen-bond acceptors (Lipinski definition) is 3. The first-order valence-electron chi connectivity index (χ1n) is 9.52. The third kappa shape index (κ3) is 3.74. The highest BCUT2D eigenvalue weighted by Crippen LogP contribution is 2.44. The first-order chi connectivity index (χ1) is 14.0. The minimum atomic E-state index is -2.37. The van der Waals surface area contributed by atoms with Gasteiger partial charge in [0.2, 0.25) is 5.79 Å². The van der Waals surface area contributed by atoms with E-state index in [1.165, 1.54) is 0 Å². The van der Waals surface area contributed by atoms with Crippen molar-refractivity contribution < 1.29 is 19.0 Å². The normalized spacial score (nSPS) is 15.7. The average molecular weight is 391 g/mol. The first-order valence-corrected chi connectivity index (χ1v) is 9.52. The Labute approximate surface area is 169 Å². The van der Waals surface area contributed by atoms with Crippen LogP contribution in [0.4, 0.5) is 9.18 Å². The molecule has 3 aromatic carbocycles. The predicted octanol–water partition coefficient (Wildman–Crippen LogP) is 4.94. The summed E-state index contributed by atoms with van der Waals surface area (Å²) in [6, 6.07) is 24.3. The van der Waals surface area contributed by atoms with Crippen LogP contribution in [-0.2, 0) is 4.74 Å². The molecule has 0 saturated heterocycles. The summed E-state index contributed by atoms with van der Waals surface area (Å²) in [5.74, 6) is -2.48. The van der Waals surface area contributed by atoms with Crippen LogP contribution in [0.25, 0.3) is 11.1 Å². The molecule has 0 heterocycles. The lowest BCUT2D eigenvalue weighted by molar-refractivity contribution is -0.0219. The molecular weight excluding hydrogens is 369 g/mol. The van der Waals surface area contributed by atoms with E-state index in [9.17, 15) is 14.3 Å². The van der Waals surface area contributed by atoms with Gasteiger partial charge in [-0.1, -0.05) is 78.9 Å². The molecule has 0 bridgehead atoms. The van der Waals surface area contributed by atoms with Crippen LogP contribution in [0.15, 0.2) is 78.9 Å². The number of fused-ring (bicyclic) bond motifs is 3. The summed E-state index contributed by atoms with van der Waals surface area (Å²) in [6.45, 7) is 1.20. The SMILES string of the molecule is C[C@](F)(NC(=O)OCC1c2ccccc2-c2ccccc21)C(O)c1ccccc1. The molecule has 1 aliphatic carbocycles. The number of halogens is 1. The van der Waals surface area contributed by atoms with Gasteiger partial charge in [0.25, 0.3) is 0 Å². The van der Waals surface area contributed by atoms with Gasteiger partial charge in [-0.3, -0.25) is 5.32 Å². The fourth-order valence-electron chi connectivity index (χ4n) is 3.85. The maximum absolute atomic E-state index is 14.9. The maximum Gasteiger partial charge on any atom is 0.409 e. The van der Waals surface area contributed by atoms with Crippen LogP contribution in [0.2, 0.25) is 0 Å². The molecule has 0 saturated carbocycles. The van der Waals surface area contributed by atoms with E-state index < -0.39 is 18.0 Å². The topological polar surface area (TPSA) is 58.6 Å². The summed E-state index contributed by atoms with van der Waals surface area (Å²) in [5.41, 5.74) is 4.76. The minimum Gasteiger partial charge on any atom is -0.448 e. The Morgan fingerprint density at radius 3 is 2.10 bits per heavy atom. The molecule has 2 atom stereocenters. The number of aliphatic hydroxyl groups excluding tert-OH is 1. The van der Waals surface area contributed by atoms with Crippen molar-refractivity contribution in [1.29, 1.82) is 0 Å². The number of amides is 1. The molecule has 0 aliphatic heterocycles. The zero-order valence-electron chi connectivity index (χ0n) is 16.0. The summed E-state index contributed by atoms with van der Waals surface area (Å²) in [4.78, 5) is 12.3. The van der Waals surface area contributed by atoms with Gasteiger partial charge in [0.15, 0.2) is 0 Å². The van der Waals surface area contributed by atoms with Crippen molar-refractivity contribution in [3.05, 3.63) is 95.6 Å². The third-order valence-corrected chi connectivity index (χ3v) is 5.32. The van der Waals surface area contributed by atoms with Crippen LogP contribution < -0.4 is 5.32 Å². The number of hydrogen-bond donors (Lipinski definition) is 2. The van der Waals surface area contributed by atoms with Gasteiger partial charge in [-0.25, -0.2) is 9.18 Å². The molecule has 0 aromatic heterocycles. The third-order valence-electron chi connectivity index (χ3n) is 5.32. The zero-order chi connectivity index (χ0) is 20.4. The number of carbonyl (C=O) groups excluding carboxylic acids is 1. The molecule has 4 rings (SSSR count). The van der Waals surface area contributed by atoms with E-state index in [1.807, 2.05) is 48.5 Å². The predicted molar refractivity (Wildman–Crippen MR) is 109 cm³/mol. The number of benzene rings is 3. The van der Waals surface area contributed by atoms with Crippen molar-refractivity contribution in [2.45, 2.75) is 24.7 Å². The van der Waals surface area contributed by atoms with Gasteiger partial charge in [0, 0.05) is 5.92 Å². The van der Waals surface area contributed by atoms with Gasteiger partial charge < -0.3 is 9.84 Å². The Balaban J connectivity index is 1.45. The van der Waals surface area contributed by atoms with Gasteiger partial charge in [-0.05, 0) is 34.7 Å². The fraction of sp³-hybridized carbons (Fsp3) is 0.208. The second kappa shape index (κ2) is 7.68. The van der Waals surface area contributed by atoms with Crippen molar-refractivity contribution in [3.63, 3.8) is 0 Å². The maximum atomic E-state index is 14.9. The molecule has 5 heteroatoms. The first kappa shape index (κ1) is 19.2. The summed E-state index contributed by atoms with van der Waals surface area (Å²) in [5, 5.41) is 12.4. The molecule has 0 spiro atoms. The van der Waals surface area contributed by atoms with Gasteiger partial charge in [0.05, 0.1) is 0 Å². The van der Waals surface area contributed by atoms with Gasteiger partial charge >= 0.3 is 6.09 Å². The van der Waals surface area contributed by atoms with Crippen molar-refractivity contribution in [3.8, 4) is 11.1 Å². The molecular formula is C24H22FNO3. The fourth-order valence-corrected chi connectivity index (χ4v) is 3.85. The van der Waals surface area contributed by atoms with Gasteiger partial charge in [-0.15, -0.1) is 0 Å². The van der Waals surface area contributed by atoms with Crippen molar-refractivity contribution in [2.75, 3.05) is 6.61 Å². The molecule has 2 N–H and O–H groups in total. The van der Waals surface area contributed by atoms with E-state index in [-0.39, 0.29) is 12.5 Å². The lowest BCUT2D eigenvalue weighted by Crippen LogP contribution is -2.47. The lowest BCUT2D eigenvalue weighted by Gasteiger charge is -2.27. The molecule has 1 unspecified atom stereocenters. The zero-order valence-corrected chi connectivity index (χ0v) is 16.0. The summed E-state index contributed by atoms with van der Waals surface area (Å²) >= 11 is 0. The highest BCUT2D eigenvalue weighted by Gasteiger charge is 2.37. The number of aliphatic hydroxyl groups is 1. The highest BCUT2D eigenvalue weighted by molar-refractivity contribution is 5.79. The van der Waals surface area contributed by atoms with E-state index >= 15 is 0 Å². The Morgan fingerprint density at radius 1 is 1.00 bits per heavy atom. The van der Waals surface area contributed by atoms with Crippen molar-refractivity contribution in [2.24, 2.45) is 0 Å². The largest absolute Gasteiger partial charge is 0.448 e. The van der Waals surface area contributed by atoms with Crippen LogP contribution >= 0.6 is 0 Å². The summed E-state index contributed by atoms with van der Waals surface area (Å²) in [7, 11) is 0. The number of alkyl halides is 1. The van der Waals surface area contributed by atoms with E-state index in [2.05, 4.69) is 5.32 Å². The number of carbonyl (C=O) groups is 1. The van der Waals surface area contributed by atoms with Crippen LogP contribution in [0.5, 0.6) is 0 Å². The Kier molecular flexibility index (Phi) is 5.07. The lowest BCUT2D eigenvalue weighted by atomic mass is 9.98. The second-order valence-electron chi connectivity index (χ2n) is 7.34. The Morgan fingerprint density at radius 2 is 1.52 bits per heavy atom. The average Bonchev–Trinajstić information content (AvgIpc) is 3.06. The number of alkyl carbamates (subject to hydrolysis) is 1. The molecule has 0 fully saturated rings. The molecule has 4 nitrogen and oxygen atoms in total. The summed E-state index contributed by atoms with van der Waals surface area (Å²) < 4.78 is 20.3. The quantitative estimate of drug-likeness (QED) is 0.606. The summed E-state index contributed by atoms with van der Waals surface area (Å²) in [6.07, 6.45) is -2.42. The van der Waals surface area contributed by atoms with E-state index in [4.69, 9.17) is 4.74 Å². The number of ether oxygens (including phenoxy) is 1. The van der Waals surface area contributed by atoms with Crippen molar-refractivity contribution >= 4 is 6.09 Å². The molecule has 1 amide bonds. The van der Waals surface area contributed by atoms with Crippen LogP contribution in [0.1, 0.15) is 35.6 Å². The highest BCUT2D eigenvalue weighted by atomic mass is 19.1. The Bertz CT molecular complexity index is 974. The molecule has 3 aromatic rings. The number of nitrogens with one attached hydrogen (secondary N) is 1. The molecule has 0 radical (unpaired) electrons. The molecule has 1 aliphatic rings. The van der Waals surface area contributed by atoms with Crippen molar-refractivity contribution in [1.82, 2.24) is 5.32 Å². The smallest absolute Gasteiger partial charge is 0.409 e. The minimum absolute atomic E-state index is 0.0807. The van der Waals surface area contributed by atoms with E-state index in [0.717, 1.165) is 29.2 Å². The van der Waals surface area contributed by atoms with Crippen LogP contribution in [0.3, 0.4) is 0 Å². The Hall–Kier alpha value is -3.18. The number of rotatable bonds is 5. The monoisotopic (exact) mass is 391 g/mol. The van der Waals surface area contributed by atoms with Crippen LogP contribution in [0, 0.1) is 0 Å². The molecule has 148 valence electrons. The second-order valence-corrected chi connectivity index (χ2v) is 7.34. The van der Waals surface area contributed by atoms with E-state index in [1.54, 1.807) is 30.3 Å². The van der Waals surface area contributed by atoms with Gasteiger partial charge in [-0.2, -0.15) is 0 Å². The molecule has 29 heavy (non-hydrogen) atoms. The van der Waals surface area contributed by atoms with Gasteiger partial charge in [0.1, 0.15) is 12.7 Å². The standard InChI is InChI=1S/C24H22FNO3/c1-24(25,22(27)16-9-3-2-4-10-16)26-23(28)29-15-21-19-13-7-5-11-17(19)18-12-6-8-14-20(18)21/h2-14,21-22,27H,15H2,1H3,(H,26,28)/t22?,24-/m0/s1. The van der Waals surface area contributed by atoms with Crippen LogP contribution in [-0.4, -0.2) is 23.6 Å².